The summed E-state index contributed by atoms with van der Waals surface area (Å²) in [7, 11) is 1.86. The minimum absolute atomic E-state index is 0.0565. The summed E-state index contributed by atoms with van der Waals surface area (Å²) in [5, 5.41) is 16.0. The average Bonchev–Trinajstić information content (AvgIpc) is 2.84. The molecule has 0 saturated carbocycles. The number of aryl methyl sites for hydroxylation is 2. The Hall–Kier alpha value is -2.24. The van der Waals surface area contributed by atoms with Crippen molar-refractivity contribution in [2.75, 3.05) is 5.32 Å². The van der Waals surface area contributed by atoms with E-state index in [1.807, 2.05) is 20.0 Å². The number of aromatic nitrogens is 2. The molecule has 0 unspecified atom stereocenters. The molecule has 0 aliphatic heterocycles. The first kappa shape index (κ1) is 11.3. The van der Waals surface area contributed by atoms with Crippen LogP contribution >= 0.6 is 0 Å². The number of aromatic carboxylic acids is 1. The van der Waals surface area contributed by atoms with Crippen LogP contribution in [0.3, 0.4) is 0 Å². The van der Waals surface area contributed by atoms with Crippen molar-refractivity contribution in [1.29, 1.82) is 0 Å². The fourth-order valence-electron chi connectivity index (χ4n) is 1.41. The van der Waals surface area contributed by atoms with Crippen LogP contribution < -0.4 is 5.32 Å². The number of nitrogens with zero attached hydrogens (tertiary/aromatic N) is 2. The van der Waals surface area contributed by atoms with Gasteiger partial charge in [-0.15, -0.1) is 0 Å². The number of carboxylic acid groups (broad SMARTS) is 1. The molecule has 2 rings (SSSR count). The number of carbonyl (C=O) groups is 1. The van der Waals surface area contributed by atoms with E-state index in [2.05, 4.69) is 10.4 Å². The van der Waals surface area contributed by atoms with Crippen molar-refractivity contribution in [3.05, 3.63) is 35.4 Å². The van der Waals surface area contributed by atoms with Crippen LogP contribution in [-0.2, 0) is 13.6 Å². The lowest BCUT2D eigenvalue weighted by Gasteiger charge is -1.98. The highest BCUT2D eigenvalue weighted by Gasteiger charge is 2.09. The maximum absolute atomic E-state index is 10.6. The molecule has 17 heavy (non-hydrogen) atoms. The molecule has 2 N–H and O–H groups in total. The number of carboxylic acids is 1. The van der Waals surface area contributed by atoms with E-state index in [-0.39, 0.29) is 5.76 Å². The van der Waals surface area contributed by atoms with Gasteiger partial charge in [-0.3, -0.25) is 4.68 Å². The molecule has 0 aromatic carbocycles. The Balaban J connectivity index is 1.99. The SMILES string of the molecule is Cc1cc(NCc2ccc(C(=O)O)o2)nn1C. The van der Waals surface area contributed by atoms with E-state index >= 15 is 0 Å². The molecule has 0 atom stereocenters. The Morgan fingerprint density at radius 1 is 1.59 bits per heavy atom. The van der Waals surface area contributed by atoms with E-state index in [0.717, 1.165) is 11.5 Å². The van der Waals surface area contributed by atoms with Gasteiger partial charge in [0.05, 0.1) is 6.54 Å². The Labute approximate surface area is 97.9 Å². The molecular weight excluding hydrogens is 222 g/mol. The van der Waals surface area contributed by atoms with Crippen molar-refractivity contribution in [3.63, 3.8) is 0 Å². The first-order chi connectivity index (χ1) is 8.06. The number of rotatable bonds is 4. The lowest BCUT2D eigenvalue weighted by Crippen LogP contribution is -2.00. The van der Waals surface area contributed by atoms with Gasteiger partial charge in [-0.05, 0) is 19.1 Å². The minimum atomic E-state index is -1.06. The van der Waals surface area contributed by atoms with Crippen LogP contribution in [0.15, 0.2) is 22.6 Å². The molecule has 2 heterocycles. The van der Waals surface area contributed by atoms with Gasteiger partial charge in [0.2, 0.25) is 5.76 Å². The first-order valence-corrected chi connectivity index (χ1v) is 5.13. The highest BCUT2D eigenvalue weighted by molar-refractivity contribution is 5.84. The van der Waals surface area contributed by atoms with Crippen molar-refractivity contribution < 1.29 is 14.3 Å². The number of furan rings is 1. The maximum atomic E-state index is 10.6. The molecule has 0 fully saturated rings. The summed E-state index contributed by atoms with van der Waals surface area (Å²) in [6, 6.07) is 4.97. The van der Waals surface area contributed by atoms with Crippen LogP contribution in [0.4, 0.5) is 5.82 Å². The number of nitrogens with one attached hydrogen (secondary N) is 1. The Bertz CT molecular complexity index is 522. The zero-order valence-electron chi connectivity index (χ0n) is 9.60. The second kappa shape index (κ2) is 4.32. The summed E-state index contributed by atoms with van der Waals surface area (Å²) in [5.41, 5.74) is 1.04. The van der Waals surface area contributed by atoms with Gasteiger partial charge in [-0.2, -0.15) is 5.10 Å². The van der Waals surface area contributed by atoms with Crippen LogP contribution in [0.1, 0.15) is 22.0 Å². The molecule has 2 aromatic rings. The van der Waals surface area contributed by atoms with E-state index in [9.17, 15) is 4.79 Å². The summed E-state index contributed by atoms with van der Waals surface area (Å²) in [5.74, 6) is 0.174. The van der Waals surface area contributed by atoms with Gasteiger partial charge in [0.1, 0.15) is 11.6 Å². The normalized spacial score (nSPS) is 10.5. The van der Waals surface area contributed by atoms with Gasteiger partial charge < -0.3 is 14.8 Å². The quantitative estimate of drug-likeness (QED) is 0.841. The van der Waals surface area contributed by atoms with E-state index < -0.39 is 5.97 Å². The van der Waals surface area contributed by atoms with Crippen molar-refractivity contribution in [2.24, 2.45) is 7.05 Å². The van der Waals surface area contributed by atoms with E-state index in [1.54, 1.807) is 10.7 Å². The molecule has 6 heteroatoms. The Morgan fingerprint density at radius 2 is 2.35 bits per heavy atom. The Morgan fingerprint density at radius 3 is 2.88 bits per heavy atom. The Kier molecular flexibility index (Phi) is 2.86. The average molecular weight is 235 g/mol. The molecule has 6 nitrogen and oxygen atoms in total. The van der Waals surface area contributed by atoms with Crippen LogP contribution in [0, 0.1) is 6.92 Å². The van der Waals surface area contributed by atoms with E-state index in [1.165, 1.54) is 6.07 Å². The minimum Gasteiger partial charge on any atom is -0.475 e. The summed E-state index contributed by atoms with van der Waals surface area (Å²) in [6.07, 6.45) is 0. The van der Waals surface area contributed by atoms with Gasteiger partial charge in [0.15, 0.2) is 0 Å². The van der Waals surface area contributed by atoms with Crippen LogP contribution in [-0.4, -0.2) is 20.9 Å². The largest absolute Gasteiger partial charge is 0.475 e. The second-order valence-corrected chi connectivity index (χ2v) is 3.72. The highest BCUT2D eigenvalue weighted by Crippen LogP contribution is 2.11. The number of hydrogen-bond donors (Lipinski definition) is 2. The maximum Gasteiger partial charge on any atom is 0.371 e. The third-order valence-electron chi connectivity index (χ3n) is 2.43. The number of anilines is 1. The summed E-state index contributed by atoms with van der Waals surface area (Å²) in [6.45, 7) is 2.36. The van der Waals surface area contributed by atoms with Crippen molar-refractivity contribution in [2.45, 2.75) is 13.5 Å². The van der Waals surface area contributed by atoms with Gasteiger partial charge >= 0.3 is 5.97 Å². The zero-order chi connectivity index (χ0) is 12.4. The monoisotopic (exact) mass is 235 g/mol. The van der Waals surface area contributed by atoms with E-state index in [0.29, 0.717) is 12.3 Å². The lowest BCUT2D eigenvalue weighted by molar-refractivity contribution is 0.0660. The topological polar surface area (TPSA) is 80.3 Å². The highest BCUT2D eigenvalue weighted by atomic mass is 16.4. The second-order valence-electron chi connectivity index (χ2n) is 3.72. The van der Waals surface area contributed by atoms with Crippen molar-refractivity contribution >= 4 is 11.8 Å². The van der Waals surface area contributed by atoms with Crippen LogP contribution in [0.5, 0.6) is 0 Å². The lowest BCUT2D eigenvalue weighted by atomic mass is 10.4. The smallest absolute Gasteiger partial charge is 0.371 e. The standard InChI is InChI=1S/C11H13N3O3/c1-7-5-10(13-14(7)2)12-6-8-3-4-9(17-8)11(15)16/h3-5H,6H2,1-2H3,(H,12,13)(H,15,16). The van der Waals surface area contributed by atoms with Gasteiger partial charge in [-0.1, -0.05) is 0 Å². The molecule has 0 aliphatic carbocycles. The molecular formula is C11H13N3O3. The molecule has 0 aliphatic rings. The van der Waals surface area contributed by atoms with Crippen LogP contribution in [0.25, 0.3) is 0 Å². The fraction of sp³-hybridized carbons (Fsp3) is 0.273. The van der Waals surface area contributed by atoms with Crippen molar-refractivity contribution in [3.8, 4) is 0 Å². The molecule has 2 aromatic heterocycles. The third kappa shape index (κ3) is 2.47. The third-order valence-corrected chi connectivity index (χ3v) is 2.43. The molecule has 0 bridgehead atoms. The summed E-state index contributed by atoms with van der Waals surface area (Å²) >= 11 is 0. The molecule has 0 spiro atoms. The van der Waals surface area contributed by atoms with Crippen molar-refractivity contribution in [1.82, 2.24) is 9.78 Å². The van der Waals surface area contributed by atoms with Gasteiger partial charge in [0.25, 0.3) is 0 Å². The van der Waals surface area contributed by atoms with Crippen LogP contribution in [0.2, 0.25) is 0 Å². The predicted octanol–water partition coefficient (Wildman–Crippen LogP) is 1.63. The van der Waals surface area contributed by atoms with Gasteiger partial charge in [-0.25, -0.2) is 4.79 Å². The first-order valence-electron chi connectivity index (χ1n) is 5.13. The van der Waals surface area contributed by atoms with Gasteiger partial charge in [0, 0.05) is 18.8 Å². The molecule has 0 amide bonds. The molecule has 90 valence electrons. The predicted molar refractivity (Wildman–Crippen MR) is 60.9 cm³/mol. The summed E-state index contributed by atoms with van der Waals surface area (Å²) in [4.78, 5) is 10.6. The summed E-state index contributed by atoms with van der Waals surface area (Å²) < 4.78 is 6.86. The zero-order valence-corrected chi connectivity index (χ0v) is 9.60. The molecule has 0 radical (unpaired) electrons. The van der Waals surface area contributed by atoms with E-state index in [4.69, 9.17) is 9.52 Å². The number of hydrogen-bond acceptors (Lipinski definition) is 4. The fourth-order valence-corrected chi connectivity index (χ4v) is 1.41. The molecule has 0 saturated heterocycles.